The predicted octanol–water partition coefficient (Wildman–Crippen LogP) is 1.87. The second-order valence-electron chi connectivity index (χ2n) is 4.55. The number of nitrogens with zero attached hydrogens (tertiary/aromatic N) is 3. The summed E-state index contributed by atoms with van der Waals surface area (Å²) >= 11 is 5.92. The summed E-state index contributed by atoms with van der Waals surface area (Å²) in [4.78, 5) is 16.2. The normalized spacial score (nSPS) is 10.4. The molecule has 112 valence electrons. The van der Waals surface area contributed by atoms with E-state index in [4.69, 9.17) is 11.6 Å². The van der Waals surface area contributed by atoms with Crippen molar-refractivity contribution < 1.29 is 4.79 Å². The number of amides is 1. The summed E-state index contributed by atoms with van der Waals surface area (Å²) < 4.78 is 1.79. The molecule has 0 saturated heterocycles. The number of pyridine rings is 1. The monoisotopic (exact) mass is 307 g/mol. The smallest absolute Gasteiger partial charge is 0.251 e. The van der Waals surface area contributed by atoms with Crippen LogP contribution in [-0.2, 0) is 13.5 Å². The highest BCUT2D eigenvalue weighted by molar-refractivity contribution is 6.29. The Morgan fingerprint density at radius 1 is 1.43 bits per heavy atom. The van der Waals surface area contributed by atoms with Gasteiger partial charge in [-0.25, -0.2) is 4.98 Å². The molecule has 0 saturated carbocycles. The summed E-state index contributed by atoms with van der Waals surface area (Å²) in [6.45, 7) is 3.21. The number of aromatic nitrogens is 3. The predicted molar refractivity (Wildman–Crippen MR) is 82.7 cm³/mol. The SMILES string of the molecule is CCNc1cc(C(=O)NCCc2ccnn2C)cc(Cl)n1. The minimum Gasteiger partial charge on any atom is -0.370 e. The van der Waals surface area contributed by atoms with E-state index < -0.39 is 0 Å². The Bertz CT molecular complexity index is 626. The summed E-state index contributed by atoms with van der Waals surface area (Å²) in [5.41, 5.74) is 1.56. The van der Waals surface area contributed by atoms with Gasteiger partial charge in [-0.1, -0.05) is 11.6 Å². The molecule has 2 aromatic heterocycles. The molecule has 0 fully saturated rings. The molecule has 0 atom stereocenters. The van der Waals surface area contributed by atoms with Crippen LogP contribution in [0.15, 0.2) is 24.4 Å². The number of halogens is 1. The molecule has 0 unspecified atom stereocenters. The van der Waals surface area contributed by atoms with E-state index in [-0.39, 0.29) is 5.91 Å². The van der Waals surface area contributed by atoms with Gasteiger partial charge in [-0.05, 0) is 25.1 Å². The van der Waals surface area contributed by atoms with E-state index in [2.05, 4.69) is 20.7 Å². The van der Waals surface area contributed by atoms with Gasteiger partial charge in [0.05, 0.1) is 0 Å². The van der Waals surface area contributed by atoms with E-state index in [0.29, 0.717) is 23.1 Å². The van der Waals surface area contributed by atoms with E-state index in [0.717, 1.165) is 18.7 Å². The van der Waals surface area contributed by atoms with Crippen LogP contribution in [0.3, 0.4) is 0 Å². The van der Waals surface area contributed by atoms with Crippen molar-refractivity contribution in [3.05, 3.63) is 40.8 Å². The lowest BCUT2D eigenvalue weighted by Crippen LogP contribution is -2.26. The van der Waals surface area contributed by atoms with Crippen molar-refractivity contribution in [1.29, 1.82) is 0 Å². The number of anilines is 1. The van der Waals surface area contributed by atoms with Crippen molar-refractivity contribution in [3.8, 4) is 0 Å². The van der Waals surface area contributed by atoms with E-state index in [1.54, 1.807) is 23.0 Å². The zero-order valence-corrected chi connectivity index (χ0v) is 12.8. The van der Waals surface area contributed by atoms with Gasteiger partial charge in [-0.3, -0.25) is 9.48 Å². The van der Waals surface area contributed by atoms with Crippen molar-refractivity contribution in [3.63, 3.8) is 0 Å². The third kappa shape index (κ3) is 4.19. The number of rotatable bonds is 6. The number of aryl methyl sites for hydroxylation is 1. The molecule has 21 heavy (non-hydrogen) atoms. The van der Waals surface area contributed by atoms with Crippen LogP contribution in [0.2, 0.25) is 5.15 Å². The number of carbonyl (C=O) groups is 1. The minimum absolute atomic E-state index is 0.166. The Hall–Kier alpha value is -2.08. The third-order valence-electron chi connectivity index (χ3n) is 3.00. The first-order valence-corrected chi connectivity index (χ1v) is 7.14. The molecule has 2 N–H and O–H groups in total. The number of carbonyl (C=O) groups excluding carboxylic acids is 1. The fourth-order valence-electron chi connectivity index (χ4n) is 1.95. The molecule has 2 heterocycles. The van der Waals surface area contributed by atoms with E-state index in [1.165, 1.54) is 0 Å². The second-order valence-corrected chi connectivity index (χ2v) is 4.93. The summed E-state index contributed by atoms with van der Waals surface area (Å²) in [5, 5.41) is 10.3. The fraction of sp³-hybridized carbons (Fsp3) is 0.357. The molecule has 0 aliphatic rings. The number of hydrogen-bond donors (Lipinski definition) is 2. The van der Waals surface area contributed by atoms with Crippen LogP contribution < -0.4 is 10.6 Å². The third-order valence-corrected chi connectivity index (χ3v) is 3.20. The van der Waals surface area contributed by atoms with Gasteiger partial charge in [0.2, 0.25) is 0 Å². The Kier molecular flexibility index (Phi) is 5.16. The largest absolute Gasteiger partial charge is 0.370 e. The highest BCUT2D eigenvalue weighted by Gasteiger charge is 2.09. The van der Waals surface area contributed by atoms with E-state index >= 15 is 0 Å². The zero-order valence-electron chi connectivity index (χ0n) is 12.1. The lowest BCUT2D eigenvalue weighted by atomic mass is 10.2. The van der Waals surface area contributed by atoms with Crippen molar-refractivity contribution in [1.82, 2.24) is 20.1 Å². The Labute approximate surface area is 128 Å². The molecule has 7 heteroatoms. The standard InChI is InChI=1S/C14H18ClN5O/c1-3-16-13-9-10(8-12(15)19-13)14(21)17-6-4-11-5-7-18-20(11)2/h5,7-9H,3-4,6H2,1-2H3,(H,16,19)(H,17,21). The second kappa shape index (κ2) is 7.08. The maximum atomic E-state index is 12.1. The van der Waals surface area contributed by atoms with Gasteiger partial charge in [-0.15, -0.1) is 0 Å². The Morgan fingerprint density at radius 3 is 2.90 bits per heavy atom. The van der Waals surface area contributed by atoms with Crippen LogP contribution in [0.5, 0.6) is 0 Å². The molecule has 6 nitrogen and oxygen atoms in total. The summed E-state index contributed by atoms with van der Waals surface area (Å²) in [6.07, 6.45) is 2.46. The summed E-state index contributed by atoms with van der Waals surface area (Å²) in [5.74, 6) is 0.433. The van der Waals surface area contributed by atoms with Gasteiger partial charge in [0.25, 0.3) is 5.91 Å². The molecule has 0 aliphatic heterocycles. The van der Waals surface area contributed by atoms with Gasteiger partial charge >= 0.3 is 0 Å². The first kappa shape index (κ1) is 15.3. The molecule has 2 rings (SSSR count). The maximum Gasteiger partial charge on any atom is 0.251 e. The molecular weight excluding hydrogens is 290 g/mol. The van der Waals surface area contributed by atoms with Crippen molar-refractivity contribution >= 4 is 23.3 Å². The van der Waals surface area contributed by atoms with Crippen LogP contribution in [0.25, 0.3) is 0 Å². The first-order valence-electron chi connectivity index (χ1n) is 6.76. The zero-order chi connectivity index (χ0) is 15.2. The van der Waals surface area contributed by atoms with Crippen molar-refractivity contribution in [2.45, 2.75) is 13.3 Å². The van der Waals surface area contributed by atoms with Crippen LogP contribution in [0.4, 0.5) is 5.82 Å². The van der Waals surface area contributed by atoms with Gasteiger partial charge in [-0.2, -0.15) is 5.10 Å². The lowest BCUT2D eigenvalue weighted by Gasteiger charge is -2.08. The molecule has 0 bridgehead atoms. The van der Waals surface area contributed by atoms with E-state index in [1.807, 2.05) is 20.0 Å². The summed E-state index contributed by atoms with van der Waals surface area (Å²) in [6, 6.07) is 5.18. The Balaban J connectivity index is 1.95. The topological polar surface area (TPSA) is 71.8 Å². The highest BCUT2D eigenvalue weighted by Crippen LogP contribution is 2.14. The van der Waals surface area contributed by atoms with Crippen molar-refractivity contribution in [2.24, 2.45) is 7.05 Å². The highest BCUT2D eigenvalue weighted by atomic mass is 35.5. The van der Waals surface area contributed by atoms with Crippen LogP contribution in [0, 0.1) is 0 Å². The van der Waals surface area contributed by atoms with Crippen LogP contribution in [-0.4, -0.2) is 33.8 Å². The summed E-state index contributed by atoms with van der Waals surface area (Å²) in [7, 11) is 1.88. The molecule has 2 aromatic rings. The maximum absolute atomic E-state index is 12.1. The van der Waals surface area contributed by atoms with Crippen LogP contribution in [0.1, 0.15) is 23.0 Å². The Morgan fingerprint density at radius 2 is 2.24 bits per heavy atom. The average molecular weight is 308 g/mol. The molecule has 0 radical (unpaired) electrons. The molecule has 0 spiro atoms. The minimum atomic E-state index is -0.166. The first-order chi connectivity index (χ1) is 10.1. The van der Waals surface area contributed by atoms with Crippen LogP contribution >= 0.6 is 11.6 Å². The van der Waals surface area contributed by atoms with Gasteiger partial charge in [0, 0.05) is 44.0 Å². The van der Waals surface area contributed by atoms with Gasteiger partial charge < -0.3 is 10.6 Å². The molecule has 1 amide bonds. The fourth-order valence-corrected chi connectivity index (χ4v) is 2.16. The number of nitrogens with one attached hydrogen (secondary N) is 2. The molecule has 0 aromatic carbocycles. The average Bonchev–Trinajstić information content (AvgIpc) is 2.84. The van der Waals surface area contributed by atoms with Crippen molar-refractivity contribution in [2.75, 3.05) is 18.4 Å². The number of hydrogen-bond acceptors (Lipinski definition) is 4. The lowest BCUT2D eigenvalue weighted by molar-refractivity contribution is 0.0954. The van der Waals surface area contributed by atoms with Gasteiger partial charge in [0.1, 0.15) is 11.0 Å². The van der Waals surface area contributed by atoms with Gasteiger partial charge in [0.15, 0.2) is 0 Å². The molecular formula is C14H18ClN5O. The molecule has 0 aliphatic carbocycles. The quantitative estimate of drug-likeness (QED) is 0.799. The van der Waals surface area contributed by atoms with E-state index in [9.17, 15) is 4.79 Å².